The zero-order valence-electron chi connectivity index (χ0n) is 12.4. The topological polar surface area (TPSA) is 49.3 Å². The number of halogens is 1. The van der Waals surface area contributed by atoms with Crippen LogP contribution in [0.25, 0.3) is 10.1 Å². The fourth-order valence-electron chi connectivity index (χ4n) is 2.46. The van der Waals surface area contributed by atoms with Gasteiger partial charge in [0.1, 0.15) is 4.88 Å². The summed E-state index contributed by atoms with van der Waals surface area (Å²) in [6.07, 6.45) is 0.632. The molecule has 0 fully saturated rings. The van der Waals surface area contributed by atoms with E-state index in [0.717, 1.165) is 10.1 Å². The third-order valence-corrected chi connectivity index (χ3v) is 4.89. The van der Waals surface area contributed by atoms with E-state index in [1.165, 1.54) is 11.3 Å². The molecular weight excluding hydrogens is 306 g/mol. The molecule has 2 N–H and O–H groups in total. The summed E-state index contributed by atoms with van der Waals surface area (Å²) in [7, 11) is 0. The summed E-state index contributed by atoms with van der Waals surface area (Å²) in [4.78, 5) is 12.8. The van der Waals surface area contributed by atoms with Gasteiger partial charge in [-0.05, 0) is 25.3 Å². The second-order valence-electron chi connectivity index (χ2n) is 6.02. The Hall–Kier alpha value is -1.10. The molecule has 0 radical (unpaired) electrons. The van der Waals surface area contributed by atoms with Crippen LogP contribution in [0.5, 0.6) is 0 Å². The molecule has 0 spiro atoms. The van der Waals surface area contributed by atoms with Crippen molar-refractivity contribution in [1.29, 1.82) is 0 Å². The lowest BCUT2D eigenvalue weighted by Gasteiger charge is -2.25. The Balaban J connectivity index is 2.11. The number of thiophene rings is 1. The molecule has 1 heterocycles. The molecule has 1 unspecified atom stereocenters. The second-order valence-corrected chi connectivity index (χ2v) is 7.45. The van der Waals surface area contributed by atoms with Crippen LogP contribution in [0.4, 0.5) is 0 Å². The average Bonchev–Trinajstić information content (AvgIpc) is 2.73. The van der Waals surface area contributed by atoms with Gasteiger partial charge in [-0.15, -0.1) is 11.3 Å². The predicted molar refractivity (Wildman–Crippen MR) is 89.2 cm³/mol. The summed E-state index contributed by atoms with van der Waals surface area (Å²) in [6.45, 7) is 6.03. The molecule has 3 nitrogen and oxygen atoms in total. The van der Waals surface area contributed by atoms with E-state index in [0.29, 0.717) is 22.2 Å². The highest BCUT2D eigenvalue weighted by atomic mass is 35.5. The van der Waals surface area contributed by atoms with E-state index in [1.807, 2.05) is 38.1 Å². The Kier molecular flexibility index (Phi) is 4.91. The van der Waals surface area contributed by atoms with E-state index in [-0.39, 0.29) is 12.5 Å². The summed E-state index contributed by atoms with van der Waals surface area (Å²) < 4.78 is 0.988. The van der Waals surface area contributed by atoms with Gasteiger partial charge in [0.2, 0.25) is 0 Å². The average molecular weight is 326 g/mol. The van der Waals surface area contributed by atoms with Gasteiger partial charge in [-0.3, -0.25) is 4.79 Å². The number of amides is 1. The van der Waals surface area contributed by atoms with Gasteiger partial charge in [0, 0.05) is 16.6 Å². The molecule has 1 atom stereocenters. The molecule has 1 amide bonds. The molecule has 2 rings (SSSR count). The van der Waals surface area contributed by atoms with E-state index in [2.05, 4.69) is 5.32 Å². The standard InChI is InChI=1S/C16H20ClNO2S/c1-10(2)8-16(3,20)9-18-15(19)14-13(17)11-6-4-5-7-12(11)21-14/h4-7,10,20H,8-9H2,1-3H3,(H,18,19). The zero-order valence-corrected chi connectivity index (χ0v) is 14.0. The summed E-state index contributed by atoms with van der Waals surface area (Å²) in [6, 6.07) is 7.66. The van der Waals surface area contributed by atoms with Crippen molar-refractivity contribution < 1.29 is 9.90 Å². The van der Waals surface area contributed by atoms with Gasteiger partial charge in [0.15, 0.2) is 0 Å². The number of nitrogens with one attached hydrogen (secondary N) is 1. The molecule has 1 aromatic carbocycles. The van der Waals surface area contributed by atoms with Gasteiger partial charge in [0.05, 0.1) is 10.6 Å². The zero-order chi connectivity index (χ0) is 15.6. The molecule has 5 heteroatoms. The molecule has 0 aliphatic rings. The minimum absolute atomic E-state index is 0.217. The summed E-state index contributed by atoms with van der Waals surface area (Å²) in [5.74, 6) is 0.134. The third kappa shape index (κ3) is 3.96. The lowest BCUT2D eigenvalue weighted by Crippen LogP contribution is -2.41. The first-order chi connectivity index (χ1) is 9.80. The van der Waals surface area contributed by atoms with Gasteiger partial charge in [-0.25, -0.2) is 0 Å². The van der Waals surface area contributed by atoms with Gasteiger partial charge in [0.25, 0.3) is 5.91 Å². The first-order valence-corrected chi connectivity index (χ1v) is 8.17. The van der Waals surface area contributed by atoms with Crippen LogP contribution < -0.4 is 5.32 Å². The number of carbonyl (C=O) groups is 1. The van der Waals surface area contributed by atoms with Crippen molar-refractivity contribution in [2.24, 2.45) is 5.92 Å². The van der Waals surface area contributed by atoms with Gasteiger partial charge < -0.3 is 10.4 Å². The molecule has 2 aromatic rings. The van der Waals surface area contributed by atoms with Crippen LogP contribution in [0, 0.1) is 5.92 Å². The Labute approximate surface area is 133 Å². The van der Waals surface area contributed by atoms with Gasteiger partial charge in [-0.2, -0.15) is 0 Å². The number of carbonyl (C=O) groups excluding carboxylic acids is 1. The van der Waals surface area contributed by atoms with Crippen LogP contribution in [-0.2, 0) is 0 Å². The SMILES string of the molecule is CC(C)CC(C)(O)CNC(=O)c1sc2ccccc2c1Cl. The smallest absolute Gasteiger partial charge is 0.263 e. The molecule has 0 bridgehead atoms. The van der Waals surface area contributed by atoms with Crippen molar-refractivity contribution in [1.82, 2.24) is 5.32 Å². The molecule has 0 saturated carbocycles. The first-order valence-electron chi connectivity index (χ1n) is 6.98. The highest BCUT2D eigenvalue weighted by Gasteiger charge is 2.24. The third-order valence-electron chi connectivity index (χ3n) is 3.22. The number of fused-ring (bicyclic) bond motifs is 1. The van der Waals surface area contributed by atoms with Crippen LogP contribution in [0.3, 0.4) is 0 Å². The molecule has 0 aliphatic carbocycles. The maximum atomic E-state index is 12.3. The van der Waals surface area contributed by atoms with Gasteiger partial charge >= 0.3 is 0 Å². The Morgan fingerprint density at radius 3 is 2.71 bits per heavy atom. The van der Waals surface area contributed by atoms with Crippen molar-refractivity contribution in [3.63, 3.8) is 0 Å². The van der Waals surface area contributed by atoms with Gasteiger partial charge in [-0.1, -0.05) is 43.6 Å². The van der Waals surface area contributed by atoms with E-state index < -0.39 is 5.60 Å². The van der Waals surface area contributed by atoms with E-state index in [1.54, 1.807) is 6.92 Å². The number of benzene rings is 1. The minimum Gasteiger partial charge on any atom is -0.388 e. The van der Waals surface area contributed by atoms with Crippen LogP contribution in [0.1, 0.15) is 36.9 Å². The van der Waals surface area contributed by atoms with E-state index in [9.17, 15) is 9.90 Å². The fourth-order valence-corrected chi connectivity index (χ4v) is 3.90. The monoisotopic (exact) mass is 325 g/mol. The Morgan fingerprint density at radius 2 is 2.10 bits per heavy atom. The lowest BCUT2D eigenvalue weighted by atomic mass is 9.94. The van der Waals surface area contributed by atoms with Crippen LogP contribution >= 0.6 is 22.9 Å². The summed E-state index contributed by atoms with van der Waals surface area (Å²) >= 11 is 7.64. The second kappa shape index (κ2) is 6.34. The van der Waals surface area contributed by atoms with Crippen molar-refractivity contribution in [2.75, 3.05) is 6.54 Å². The van der Waals surface area contributed by atoms with Crippen molar-refractivity contribution >= 4 is 38.9 Å². The quantitative estimate of drug-likeness (QED) is 0.870. The minimum atomic E-state index is -0.910. The largest absolute Gasteiger partial charge is 0.388 e. The lowest BCUT2D eigenvalue weighted by molar-refractivity contribution is 0.0369. The maximum Gasteiger partial charge on any atom is 0.263 e. The van der Waals surface area contributed by atoms with Crippen LogP contribution in [0.15, 0.2) is 24.3 Å². The molecule has 21 heavy (non-hydrogen) atoms. The summed E-state index contributed by atoms with van der Waals surface area (Å²) in [5.41, 5.74) is -0.910. The van der Waals surface area contributed by atoms with Crippen molar-refractivity contribution in [2.45, 2.75) is 32.8 Å². The highest BCUT2D eigenvalue weighted by molar-refractivity contribution is 7.21. The normalized spacial score (nSPS) is 14.4. The highest BCUT2D eigenvalue weighted by Crippen LogP contribution is 2.35. The number of hydrogen-bond donors (Lipinski definition) is 2. The number of aliphatic hydroxyl groups is 1. The van der Waals surface area contributed by atoms with Crippen molar-refractivity contribution in [3.8, 4) is 0 Å². The molecule has 0 saturated heterocycles. The fraction of sp³-hybridized carbons (Fsp3) is 0.438. The Bertz CT molecular complexity index is 649. The molecule has 114 valence electrons. The molecule has 1 aromatic heterocycles. The Morgan fingerprint density at radius 1 is 1.43 bits per heavy atom. The summed E-state index contributed by atoms with van der Waals surface area (Å²) in [5, 5.41) is 14.4. The molecular formula is C16H20ClNO2S. The van der Waals surface area contributed by atoms with Crippen LogP contribution in [0.2, 0.25) is 5.02 Å². The number of rotatable bonds is 5. The van der Waals surface area contributed by atoms with Crippen LogP contribution in [-0.4, -0.2) is 23.2 Å². The van der Waals surface area contributed by atoms with Crippen molar-refractivity contribution in [3.05, 3.63) is 34.2 Å². The molecule has 0 aliphatic heterocycles. The first kappa shape index (κ1) is 16.3. The van der Waals surface area contributed by atoms with E-state index in [4.69, 9.17) is 11.6 Å². The predicted octanol–water partition coefficient (Wildman–Crippen LogP) is 4.08. The maximum absolute atomic E-state index is 12.3. The number of hydrogen-bond acceptors (Lipinski definition) is 3. The van der Waals surface area contributed by atoms with E-state index >= 15 is 0 Å².